The molecule has 0 bridgehead atoms. The summed E-state index contributed by atoms with van der Waals surface area (Å²) >= 11 is 6.36. The number of rotatable bonds is 6. The zero-order valence-corrected chi connectivity index (χ0v) is 16.1. The van der Waals surface area contributed by atoms with Gasteiger partial charge in [-0.15, -0.1) is 0 Å². The smallest absolute Gasteiger partial charge is 0.251 e. The van der Waals surface area contributed by atoms with Gasteiger partial charge in [0, 0.05) is 36.5 Å². The van der Waals surface area contributed by atoms with Crippen LogP contribution in [0, 0.1) is 12.8 Å². The summed E-state index contributed by atoms with van der Waals surface area (Å²) < 4.78 is 1.75. The predicted molar refractivity (Wildman–Crippen MR) is 104 cm³/mol. The van der Waals surface area contributed by atoms with Crippen molar-refractivity contribution in [2.24, 2.45) is 5.92 Å². The number of nitrogens with one attached hydrogen (secondary N) is 2. The van der Waals surface area contributed by atoms with Gasteiger partial charge in [-0.05, 0) is 43.2 Å². The van der Waals surface area contributed by atoms with Crippen molar-refractivity contribution in [3.63, 3.8) is 0 Å². The Kier molecular flexibility index (Phi) is 6.58. The van der Waals surface area contributed by atoms with E-state index >= 15 is 0 Å². The number of nitrogens with zero attached hydrogens (tertiary/aromatic N) is 2. The van der Waals surface area contributed by atoms with Crippen LogP contribution < -0.4 is 10.6 Å². The van der Waals surface area contributed by atoms with Crippen molar-refractivity contribution >= 4 is 35.2 Å². The monoisotopic (exact) mass is 374 g/mol. The van der Waals surface area contributed by atoms with Crippen molar-refractivity contribution in [2.45, 2.75) is 27.3 Å². The summed E-state index contributed by atoms with van der Waals surface area (Å²) in [7, 11) is 1.57. The number of halogens is 1. The fraction of sp³-hybridized carbons (Fsp3) is 0.316. The lowest BCUT2D eigenvalue weighted by atomic mass is 10.2. The van der Waals surface area contributed by atoms with Gasteiger partial charge in [0.2, 0.25) is 5.91 Å². The zero-order chi connectivity index (χ0) is 19.3. The van der Waals surface area contributed by atoms with E-state index in [-0.39, 0.29) is 11.8 Å². The Hall–Kier alpha value is -2.60. The van der Waals surface area contributed by atoms with E-state index in [9.17, 15) is 9.59 Å². The molecule has 0 aliphatic rings. The number of aryl methyl sites for hydroxylation is 1. The third-order valence-electron chi connectivity index (χ3n) is 3.69. The van der Waals surface area contributed by atoms with Gasteiger partial charge in [0.15, 0.2) is 0 Å². The Morgan fingerprint density at radius 2 is 1.92 bits per heavy atom. The SMILES string of the molecule is CNC(=O)c1ccc(NC(=O)/C=C/c2c(C)nn(CC(C)C)c2Cl)cc1. The molecule has 0 fully saturated rings. The molecule has 0 aliphatic heterocycles. The first-order chi connectivity index (χ1) is 12.3. The van der Waals surface area contributed by atoms with Gasteiger partial charge in [0.1, 0.15) is 5.15 Å². The number of hydrogen-bond donors (Lipinski definition) is 2. The predicted octanol–water partition coefficient (Wildman–Crippen LogP) is 3.51. The molecule has 0 radical (unpaired) electrons. The second-order valence-electron chi connectivity index (χ2n) is 6.34. The normalized spacial score (nSPS) is 11.2. The summed E-state index contributed by atoms with van der Waals surface area (Å²) in [5, 5.41) is 10.2. The summed E-state index contributed by atoms with van der Waals surface area (Å²) in [5.74, 6) is -0.0410. The minimum Gasteiger partial charge on any atom is -0.355 e. The molecule has 1 aromatic carbocycles. The van der Waals surface area contributed by atoms with Crippen LogP contribution in [0.25, 0.3) is 6.08 Å². The van der Waals surface area contributed by atoms with Crippen molar-refractivity contribution in [2.75, 3.05) is 12.4 Å². The molecule has 0 spiro atoms. The van der Waals surface area contributed by atoms with Crippen LogP contribution in [0.5, 0.6) is 0 Å². The first kappa shape index (κ1) is 19.7. The summed E-state index contributed by atoms with van der Waals surface area (Å²) in [4.78, 5) is 23.6. The van der Waals surface area contributed by atoms with Crippen LogP contribution in [0.3, 0.4) is 0 Å². The Balaban J connectivity index is 2.06. The highest BCUT2D eigenvalue weighted by atomic mass is 35.5. The molecular weight excluding hydrogens is 352 g/mol. The molecule has 1 aromatic heterocycles. The molecule has 0 atom stereocenters. The molecule has 7 heteroatoms. The Labute approximate surface area is 158 Å². The molecule has 2 aromatic rings. The lowest BCUT2D eigenvalue weighted by molar-refractivity contribution is -0.111. The first-order valence-corrected chi connectivity index (χ1v) is 8.73. The van der Waals surface area contributed by atoms with Crippen LogP contribution in [0.1, 0.15) is 35.5 Å². The highest BCUT2D eigenvalue weighted by Crippen LogP contribution is 2.22. The molecule has 0 saturated heterocycles. The van der Waals surface area contributed by atoms with E-state index in [0.717, 1.165) is 17.8 Å². The fourth-order valence-corrected chi connectivity index (χ4v) is 2.72. The standard InChI is InChI=1S/C19H23ClN4O2/c1-12(2)11-24-18(20)16(13(3)23-24)9-10-17(25)22-15-7-5-14(6-8-15)19(26)21-4/h5-10,12H,11H2,1-4H3,(H,21,26)(H,22,25)/b10-9+. The molecule has 2 N–H and O–H groups in total. The van der Waals surface area contributed by atoms with Crippen molar-refractivity contribution in [1.29, 1.82) is 0 Å². The third-order valence-corrected chi connectivity index (χ3v) is 4.09. The Bertz CT molecular complexity index is 823. The molecule has 26 heavy (non-hydrogen) atoms. The van der Waals surface area contributed by atoms with Gasteiger partial charge in [0.25, 0.3) is 5.91 Å². The zero-order valence-electron chi connectivity index (χ0n) is 15.3. The van der Waals surface area contributed by atoms with E-state index in [2.05, 4.69) is 29.6 Å². The maximum absolute atomic E-state index is 12.1. The minimum absolute atomic E-state index is 0.175. The molecule has 0 aliphatic carbocycles. The van der Waals surface area contributed by atoms with E-state index in [1.165, 1.54) is 6.08 Å². The average Bonchev–Trinajstić information content (AvgIpc) is 2.86. The van der Waals surface area contributed by atoms with Crippen LogP contribution in [0.2, 0.25) is 5.15 Å². The quantitative estimate of drug-likeness (QED) is 0.759. The molecule has 0 saturated carbocycles. The van der Waals surface area contributed by atoms with Crippen LogP contribution in [0.4, 0.5) is 5.69 Å². The maximum atomic E-state index is 12.1. The van der Waals surface area contributed by atoms with E-state index in [1.54, 1.807) is 42.1 Å². The Morgan fingerprint density at radius 1 is 1.27 bits per heavy atom. The number of amides is 2. The number of benzene rings is 1. The molecule has 6 nitrogen and oxygen atoms in total. The number of aromatic nitrogens is 2. The largest absolute Gasteiger partial charge is 0.355 e. The van der Waals surface area contributed by atoms with Crippen molar-refractivity contribution in [3.05, 3.63) is 52.3 Å². The van der Waals surface area contributed by atoms with Crippen LogP contribution in [-0.2, 0) is 11.3 Å². The topological polar surface area (TPSA) is 76.0 Å². The second-order valence-corrected chi connectivity index (χ2v) is 6.70. The van der Waals surface area contributed by atoms with Gasteiger partial charge in [-0.25, -0.2) is 0 Å². The Morgan fingerprint density at radius 3 is 2.50 bits per heavy atom. The molecule has 1 heterocycles. The van der Waals surface area contributed by atoms with Gasteiger partial charge in [-0.1, -0.05) is 25.4 Å². The summed E-state index contributed by atoms with van der Waals surface area (Å²) in [6, 6.07) is 6.65. The van der Waals surface area contributed by atoms with Crippen molar-refractivity contribution in [1.82, 2.24) is 15.1 Å². The second kappa shape index (κ2) is 8.67. The van der Waals surface area contributed by atoms with Gasteiger partial charge >= 0.3 is 0 Å². The van der Waals surface area contributed by atoms with E-state index in [4.69, 9.17) is 11.6 Å². The number of anilines is 1. The van der Waals surface area contributed by atoms with Gasteiger partial charge in [-0.2, -0.15) is 5.10 Å². The van der Waals surface area contributed by atoms with Crippen molar-refractivity contribution in [3.8, 4) is 0 Å². The number of hydrogen-bond acceptors (Lipinski definition) is 3. The van der Waals surface area contributed by atoms with Crippen molar-refractivity contribution < 1.29 is 9.59 Å². The molecule has 2 rings (SSSR count). The van der Waals surface area contributed by atoms with E-state index < -0.39 is 0 Å². The number of carbonyl (C=O) groups excluding carboxylic acids is 2. The summed E-state index contributed by atoms with van der Waals surface area (Å²) in [5.41, 5.74) is 2.64. The summed E-state index contributed by atoms with van der Waals surface area (Å²) in [6.07, 6.45) is 3.08. The van der Waals surface area contributed by atoms with E-state index in [0.29, 0.717) is 22.3 Å². The molecule has 138 valence electrons. The average molecular weight is 375 g/mol. The highest BCUT2D eigenvalue weighted by Gasteiger charge is 2.12. The van der Waals surface area contributed by atoms with Gasteiger partial charge < -0.3 is 10.6 Å². The third kappa shape index (κ3) is 4.95. The minimum atomic E-state index is -0.287. The van der Waals surface area contributed by atoms with Gasteiger partial charge in [0.05, 0.1) is 5.69 Å². The first-order valence-electron chi connectivity index (χ1n) is 8.36. The fourth-order valence-electron chi connectivity index (χ4n) is 2.42. The molecule has 0 unspecified atom stereocenters. The van der Waals surface area contributed by atoms with E-state index in [1.807, 2.05) is 6.92 Å². The molecular formula is C19H23ClN4O2. The van der Waals surface area contributed by atoms with Gasteiger partial charge in [-0.3, -0.25) is 14.3 Å². The van der Waals surface area contributed by atoms with Crippen LogP contribution in [-0.4, -0.2) is 28.6 Å². The highest BCUT2D eigenvalue weighted by molar-refractivity contribution is 6.31. The lowest BCUT2D eigenvalue weighted by Gasteiger charge is -2.05. The lowest BCUT2D eigenvalue weighted by Crippen LogP contribution is -2.17. The van der Waals surface area contributed by atoms with Crippen LogP contribution in [0.15, 0.2) is 30.3 Å². The van der Waals surface area contributed by atoms with Crippen LogP contribution >= 0.6 is 11.6 Å². The maximum Gasteiger partial charge on any atom is 0.251 e. The molecule has 2 amide bonds. The number of carbonyl (C=O) groups is 2. The summed E-state index contributed by atoms with van der Waals surface area (Å²) in [6.45, 7) is 6.76.